The Hall–Kier alpha value is -2.45. The second kappa shape index (κ2) is 11.4. The summed E-state index contributed by atoms with van der Waals surface area (Å²) >= 11 is 0. The van der Waals surface area contributed by atoms with Crippen LogP contribution in [-0.2, 0) is 19.6 Å². The minimum Gasteiger partial charge on any atom is -0.378 e. The van der Waals surface area contributed by atoms with Crippen LogP contribution in [0.3, 0.4) is 0 Å². The first-order chi connectivity index (χ1) is 15.4. The molecule has 0 heterocycles. The van der Waals surface area contributed by atoms with Gasteiger partial charge in [-0.05, 0) is 62.6 Å². The van der Waals surface area contributed by atoms with Crippen LogP contribution in [0.2, 0.25) is 0 Å². The van der Waals surface area contributed by atoms with Gasteiger partial charge in [-0.25, -0.2) is 12.8 Å². The monoisotopic (exact) mass is 462 g/mol. The van der Waals surface area contributed by atoms with Crippen molar-refractivity contribution >= 4 is 21.6 Å². The molecular formula is C24H31FN2O4S. The van der Waals surface area contributed by atoms with Gasteiger partial charge in [0.2, 0.25) is 5.91 Å². The summed E-state index contributed by atoms with van der Waals surface area (Å²) in [5.41, 5.74) is 1.15. The maximum absolute atomic E-state index is 13.4. The van der Waals surface area contributed by atoms with Gasteiger partial charge in [0.05, 0.1) is 16.7 Å². The lowest BCUT2D eigenvalue weighted by Gasteiger charge is -2.24. The number of nitrogens with one attached hydrogen (secondary N) is 1. The standard InChI is InChI=1S/C24H31FN2O4S/c1-19-8-14-23(15-9-19)32(29,30)27(21-12-10-20(25)11-13-21)18-24(28)26-16-5-17-31-22-6-3-2-4-7-22/h8-15,22H,2-7,16-18H2,1H3,(H,26,28). The van der Waals surface area contributed by atoms with Crippen molar-refractivity contribution in [3.05, 3.63) is 59.9 Å². The number of benzene rings is 2. The van der Waals surface area contributed by atoms with Crippen molar-refractivity contribution in [3.8, 4) is 0 Å². The maximum Gasteiger partial charge on any atom is 0.264 e. The fourth-order valence-electron chi connectivity index (χ4n) is 3.73. The molecule has 1 saturated carbocycles. The third kappa shape index (κ3) is 6.77. The molecule has 1 fully saturated rings. The van der Waals surface area contributed by atoms with Gasteiger partial charge >= 0.3 is 0 Å². The Morgan fingerprint density at radius 2 is 1.72 bits per heavy atom. The summed E-state index contributed by atoms with van der Waals surface area (Å²) in [5.74, 6) is -0.911. The molecule has 8 heteroatoms. The van der Waals surface area contributed by atoms with Crippen LogP contribution in [0.15, 0.2) is 53.4 Å². The van der Waals surface area contributed by atoms with E-state index in [2.05, 4.69) is 5.32 Å². The van der Waals surface area contributed by atoms with Gasteiger partial charge < -0.3 is 10.1 Å². The Morgan fingerprint density at radius 1 is 1.06 bits per heavy atom. The van der Waals surface area contributed by atoms with Crippen LogP contribution in [0, 0.1) is 12.7 Å². The first-order valence-corrected chi connectivity index (χ1v) is 12.5. The number of sulfonamides is 1. The van der Waals surface area contributed by atoms with Gasteiger partial charge in [-0.3, -0.25) is 9.10 Å². The van der Waals surface area contributed by atoms with Crippen molar-refractivity contribution in [2.45, 2.75) is 56.4 Å². The number of hydrogen-bond acceptors (Lipinski definition) is 4. The van der Waals surface area contributed by atoms with Crippen LogP contribution in [0.5, 0.6) is 0 Å². The summed E-state index contributed by atoms with van der Waals surface area (Å²) in [5, 5.41) is 2.77. The van der Waals surface area contributed by atoms with E-state index in [1.807, 2.05) is 6.92 Å². The van der Waals surface area contributed by atoms with E-state index in [1.165, 1.54) is 55.7 Å². The Bertz CT molecular complexity index is 972. The van der Waals surface area contributed by atoms with E-state index in [0.717, 1.165) is 22.7 Å². The van der Waals surface area contributed by atoms with Crippen molar-refractivity contribution in [3.63, 3.8) is 0 Å². The number of carbonyl (C=O) groups excluding carboxylic acids is 1. The number of halogens is 1. The number of hydrogen-bond donors (Lipinski definition) is 1. The zero-order valence-electron chi connectivity index (χ0n) is 18.4. The molecule has 3 rings (SSSR count). The summed E-state index contributed by atoms with van der Waals surface area (Å²) in [6, 6.07) is 11.5. The molecule has 2 aromatic carbocycles. The Kier molecular flexibility index (Phi) is 8.64. The molecule has 0 saturated heterocycles. The van der Waals surface area contributed by atoms with E-state index in [4.69, 9.17) is 4.74 Å². The van der Waals surface area contributed by atoms with E-state index in [1.54, 1.807) is 12.1 Å². The average Bonchev–Trinajstić information content (AvgIpc) is 2.79. The van der Waals surface area contributed by atoms with E-state index < -0.39 is 28.3 Å². The van der Waals surface area contributed by atoms with Crippen LogP contribution in [0.1, 0.15) is 44.1 Å². The number of nitrogens with zero attached hydrogens (tertiary/aromatic N) is 1. The first kappa shape index (κ1) is 24.2. The molecule has 1 N–H and O–H groups in total. The molecule has 0 spiro atoms. The lowest BCUT2D eigenvalue weighted by atomic mass is 9.98. The van der Waals surface area contributed by atoms with Crippen LogP contribution in [0.4, 0.5) is 10.1 Å². The Balaban J connectivity index is 1.61. The zero-order chi connectivity index (χ0) is 23.0. The van der Waals surface area contributed by atoms with Crippen LogP contribution in [0.25, 0.3) is 0 Å². The van der Waals surface area contributed by atoms with Crippen LogP contribution >= 0.6 is 0 Å². The highest BCUT2D eigenvalue weighted by Gasteiger charge is 2.27. The quantitative estimate of drug-likeness (QED) is 0.538. The third-order valence-electron chi connectivity index (χ3n) is 5.56. The molecule has 0 radical (unpaired) electrons. The molecule has 0 unspecified atom stereocenters. The topological polar surface area (TPSA) is 75.7 Å². The highest BCUT2D eigenvalue weighted by atomic mass is 32.2. The second-order valence-electron chi connectivity index (χ2n) is 8.14. The molecule has 2 aromatic rings. The average molecular weight is 463 g/mol. The SMILES string of the molecule is Cc1ccc(S(=O)(=O)N(CC(=O)NCCCOC2CCCCC2)c2ccc(F)cc2)cc1. The molecule has 0 bridgehead atoms. The maximum atomic E-state index is 13.4. The van der Waals surface area contributed by atoms with Gasteiger partial charge in [-0.2, -0.15) is 0 Å². The summed E-state index contributed by atoms with van der Waals surface area (Å²) < 4.78 is 46.7. The lowest BCUT2D eigenvalue weighted by Crippen LogP contribution is -2.41. The van der Waals surface area contributed by atoms with Gasteiger partial charge in [0, 0.05) is 13.2 Å². The number of carbonyl (C=O) groups is 1. The fraction of sp³-hybridized carbons (Fsp3) is 0.458. The number of rotatable bonds is 10. The number of ether oxygens (including phenoxy) is 1. The van der Waals surface area contributed by atoms with Gasteiger partial charge in [0.25, 0.3) is 10.0 Å². The van der Waals surface area contributed by atoms with Crippen LogP contribution in [-0.4, -0.2) is 40.1 Å². The molecule has 1 aliphatic carbocycles. The van der Waals surface area contributed by atoms with E-state index in [0.29, 0.717) is 25.7 Å². The zero-order valence-corrected chi connectivity index (χ0v) is 19.2. The first-order valence-electron chi connectivity index (χ1n) is 11.1. The molecule has 0 aliphatic heterocycles. The Morgan fingerprint density at radius 3 is 2.38 bits per heavy atom. The van der Waals surface area contributed by atoms with Crippen molar-refractivity contribution in [2.24, 2.45) is 0 Å². The van der Waals surface area contributed by atoms with Gasteiger partial charge in [0.1, 0.15) is 12.4 Å². The normalized spacial score (nSPS) is 14.8. The van der Waals surface area contributed by atoms with Crippen molar-refractivity contribution in [2.75, 3.05) is 24.0 Å². The predicted molar refractivity (Wildman–Crippen MR) is 123 cm³/mol. The lowest BCUT2D eigenvalue weighted by molar-refractivity contribution is -0.119. The number of aryl methyl sites for hydroxylation is 1. The minimum absolute atomic E-state index is 0.0705. The predicted octanol–water partition coefficient (Wildman–Crippen LogP) is 4.19. The third-order valence-corrected chi connectivity index (χ3v) is 7.35. The molecule has 0 atom stereocenters. The summed E-state index contributed by atoms with van der Waals surface area (Å²) in [4.78, 5) is 12.6. The van der Waals surface area contributed by atoms with Gasteiger partial charge in [-0.1, -0.05) is 37.0 Å². The molecule has 6 nitrogen and oxygen atoms in total. The fourth-order valence-corrected chi connectivity index (χ4v) is 5.15. The number of anilines is 1. The van der Waals surface area contributed by atoms with Gasteiger partial charge in [-0.15, -0.1) is 0 Å². The molecular weight excluding hydrogens is 431 g/mol. The molecule has 1 aliphatic rings. The highest BCUT2D eigenvalue weighted by molar-refractivity contribution is 7.92. The highest BCUT2D eigenvalue weighted by Crippen LogP contribution is 2.24. The summed E-state index contributed by atoms with van der Waals surface area (Å²) in [6.07, 6.45) is 6.83. The summed E-state index contributed by atoms with van der Waals surface area (Å²) in [6.45, 7) is 2.42. The van der Waals surface area contributed by atoms with Crippen molar-refractivity contribution < 1.29 is 22.3 Å². The van der Waals surface area contributed by atoms with E-state index >= 15 is 0 Å². The van der Waals surface area contributed by atoms with Crippen molar-refractivity contribution in [1.29, 1.82) is 0 Å². The molecule has 1 amide bonds. The minimum atomic E-state index is -4.00. The largest absolute Gasteiger partial charge is 0.378 e. The molecule has 174 valence electrons. The van der Waals surface area contributed by atoms with Crippen molar-refractivity contribution in [1.82, 2.24) is 5.32 Å². The molecule has 0 aromatic heterocycles. The second-order valence-corrected chi connectivity index (χ2v) is 10.00. The van der Waals surface area contributed by atoms with Crippen LogP contribution < -0.4 is 9.62 Å². The molecule has 32 heavy (non-hydrogen) atoms. The Labute approximate surface area is 189 Å². The smallest absolute Gasteiger partial charge is 0.264 e. The van der Waals surface area contributed by atoms with E-state index in [9.17, 15) is 17.6 Å². The number of amides is 1. The van der Waals surface area contributed by atoms with Gasteiger partial charge in [0.15, 0.2) is 0 Å². The summed E-state index contributed by atoms with van der Waals surface area (Å²) in [7, 11) is -4.00. The van der Waals surface area contributed by atoms with E-state index in [-0.39, 0.29) is 10.6 Å².